The maximum absolute atomic E-state index is 6.36. The third-order valence-corrected chi connectivity index (χ3v) is 6.69. The van der Waals surface area contributed by atoms with Crippen molar-refractivity contribution < 1.29 is 18.6 Å². The van der Waals surface area contributed by atoms with E-state index in [1.165, 1.54) is 0 Å². The summed E-state index contributed by atoms with van der Waals surface area (Å²) in [6.07, 6.45) is 0.716. The minimum Gasteiger partial charge on any atom is -0.403 e. The number of hydrogen-bond donors (Lipinski definition) is 1. The lowest BCUT2D eigenvalue weighted by Gasteiger charge is -2.32. The molecule has 0 amide bonds. The molecule has 2 aliphatic heterocycles. The number of nitrogens with two attached hydrogens (primary N) is 1. The average Bonchev–Trinajstić information content (AvgIpc) is 2.86. The molecule has 0 bridgehead atoms. The largest absolute Gasteiger partial charge is 0.459 e. The van der Waals surface area contributed by atoms with Gasteiger partial charge in [-0.2, -0.15) is 0 Å². The third-order valence-electron chi connectivity index (χ3n) is 6.69. The van der Waals surface area contributed by atoms with Crippen LogP contribution in [0.25, 0.3) is 0 Å². The van der Waals surface area contributed by atoms with E-state index in [1.807, 2.05) is 24.3 Å². The molecule has 0 radical (unpaired) electrons. The van der Waals surface area contributed by atoms with Crippen molar-refractivity contribution in [3.8, 4) is 0 Å². The fourth-order valence-corrected chi connectivity index (χ4v) is 3.37. The first-order valence-electron chi connectivity index (χ1n) is 9.80. The van der Waals surface area contributed by atoms with Gasteiger partial charge in [-0.05, 0) is 79.5 Å². The predicted molar refractivity (Wildman–Crippen MR) is 110 cm³/mol. The first kappa shape index (κ1) is 20.7. The molecule has 2 aliphatic rings. The molecule has 0 aromatic heterocycles. The molecule has 5 nitrogen and oxygen atoms in total. The molecule has 1 aromatic carbocycles. The predicted octanol–water partition coefficient (Wildman–Crippen LogP) is 3.91. The summed E-state index contributed by atoms with van der Waals surface area (Å²) in [7, 11) is -0.829. The number of benzene rings is 1. The van der Waals surface area contributed by atoms with Gasteiger partial charge in [0.15, 0.2) is 0 Å². The van der Waals surface area contributed by atoms with Crippen LogP contribution in [0, 0.1) is 0 Å². The molecule has 2 fully saturated rings. The second kappa shape index (κ2) is 6.51. The highest BCUT2D eigenvalue weighted by atomic mass is 16.7. The van der Waals surface area contributed by atoms with E-state index < -0.39 is 36.6 Å². The summed E-state index contributed by atoms with van der Waals surface area (Å²) >= 11 is 0. The van der Waals surface area contributed by atoms with Crippen LogP contribution in [-0.4, -0.2) is 36.6 Å². The van der Waals surface area contributed by atoms with Crippen molar-refractivity contribution in [1.82, 2.24) is 0 Å². The van der Waals surface area contributed by atoms with Crippen molar-refractivity contribution in [2.24, 2.45) is 0 Å². The van der Waals surface area contributed by atoms with Gasteiger partial charge >= 0.3 is 14.2 Å². The van der Waals surface area contributed by atoms with Gasteiger partial charge < -0.3 is 24.4 Å². The second-order valence-electron chi connectivity index (χ2n) is 9.86. The first-order chi connectivity index (χ1) is 12.2. The van der Waals surface area contributed by atoms with Crippen molar-refractivity contribution in [1.29, 1.82) is 0 Å². The van der Waals surface area contributed by atoms with Gasteiger partial charge in [-0.15, -0.1) is 0 Å². The van der Waals surface area contributed by atoms with E-state index in [9.17, 15) is 0 Å². The van der Waals surface area contributed by atoms with E-state index >= 15 is 0 Å². The average molecular weight is 373 g/mol. The lowest BCUT2D eigenvalue weighted by atomic mass is 9.49. The third kappa shape index (κ3) is 3.80. The van der Waals surface area contributed by atoms with Crippen LogP contribution in [0.1, 0.15) is 61.0 Å². The molecule has 7 heteroatoms. The highest BCUT2D eigenvalue weighted by Gasteiger charge is 2.61. The molecule has 2 N–H and O–H groups in total. The Morgan fingerprint density at radius 3 is 1.37 bits per heavy atom. The molecule has 1 aromatic rings. The zero-order chi connectivity index (χ0) is 20.3. The fourth-order valence-electron chi connectivity index (χ4n) is 3.37. The monoisotopic (exact) mass is 373 g/mol. The van der Waals surface area contributed by atoms with Gasteiger partial charge in [-0.1, -0.05) is 12.1 Å². The summed E-state index contributed by atoms with van der Waals surface area (Å²) in [5.74, 6) is 0. The molecule has 0 unspecified atom stereocenters. The molecular formula is C20H33B2NO4. The van der Waals surface area contributed by atoms with E-state index in [-0.39, 0.29) is 5.72 Å². The van der Waals surface area contributed by atoms with Crippen molar-refractivity contribution in [3.05, 3.63) is 29.8 Å². The van der Waals surface area contributed by atoms with Crippen LogP contribution in [0.5, 0.6) is 0 Å². The van der Waals surface area contributed by atoms with Gasteiger partial charge in [0.05, 0.1) is 22.4 Å². The fraction of sp³-hybridized carbons (Fsp3) is 0.700. The molecule has 27 heavy (non-hydrogen) atoms. The lowest BCUT2D eigenvalue weighted by molar-refractivity contribution is 0.00578. The summed E-state index contributed by atoms with van der Waals surface area (Å²) in [4.78, 5) is 0. The molecule has 2 saturated heterocycles. The van der Waals surface area contributed by atoms with Crippen molar-refractivity contribution >= 4 is 19.9 Å². The maximum Gasteiger partial charge on any atom is 0.459 e. The normalized spacial score (nSPS) is 25.4. The highest BCUT2D eigenvalue weighted by molar-refractivity contribution is 6.68. The van der Waals surface area contributed by atoms with Gasteiger partial charge in [-0.3, -0.25) is 0 Å². The maximum atomic E-state index is 6.36. The Morgan fingerprint density at radius 2 is 1.04 bits per heavy atom. The van der Waals surface area contributed by atoms with Crippen LogP contribution < -0.4 is 5.73 Å². The van der Waals surface area contributed by atoms with E-state index in [4.69, 9.17) is 24.4 Å². The Bertz CT molecular complexity index is 620. The van der Waals surface area contributed by atoms with Crippen molar-refractivity contribution in [3.63, 3.8) is 0 Å². The van der Waals surface area contributed by atoms with Crippen molar-refractivity contribution in [2.75, 3.05) is 5.73 Å². The Kier molecular flexibility index (Phi) is 5.00. The minimum absolute atomic E-state index is 0.101. The number of anilines is 1. The van der Waals surface area contributed by atoms with E-state index in [1.54, 1.807) is 0 Å². The molecule has 0 spiro atoms. The Morgan fingerprint density at radius 1 is 0.704 bits per heavy atom. The van der Waals surface area contributed by atoms with Gasteiger partial charge in [-0.25, -0.2) is 0 Å². The first-order valence-corrected chi connectivity index (χ1v) is 9.80. The standard InChI is InChI=1S/C20H33B2NO4/c1-17(2)18(3,4)25-21(24-17)16(13-14-9-11-15(23)12-10-14)22-26-19(5,6)20(7,8)27-22/h9-12,16H,13,23H2,1-8H3. The smallest absolute Gasteiger partial charge is 0.403 e. The molecule has 0 aliphatic carbocycles. The van der Waals surface area contributed by atoms with Crippen molar-refractivity contribution in [2.45, 2.75) is 89.9 Å². The second-order valence-corrected chi connectivity index (χ2v) is 9.86. The molecule has 0 saturated carbocycles. The topological polar surface area (TPSA) is 62.9 Å². The van der Waals surface area contributed by atoms with Crippen LogP contribution in [0.15, 0.2) is 24.3 Å². The minimum atomic E-state index is -0.415. The van der Waals surface area contributed by atoms with Gasteiger partial charge in [0.25, 0.3) is 0 Å². The van der Waals surface area contributed by atoms with Crippen LogP contribution in [0.2, 0.25) is 5.72 Å². The van der Waals surface area contributed by atoms with Crippen LogP contribution in [-0.2, 0) is 25.0 Å². The summed E-state index contributed by atoms with van der Waals surface area (Å²) in [6, 6.07) is 7.92. The van der Waals surface area contributed by atoms with Crippen LogP contribution in [0.3, 0.4) is 0 Å². The molecule has 3 rings (SSSR count). The Hall–Kier alpha value is -1.01. The van der Waals surface area contributed by atoms with Gasteiger partial charge in [0.2, 0.25) is 0 Å². The zero-order valence-corrected chi connectivity index (χ0v) is 18.0. The number of rotatable bonds is 4. The van der Waals surface area contributed by atoms with Gasteiger partial charge in [0.1, 0.15) is 0 Å². The molecule has 148 valence electrons. The number of hydrogen-bond acceptors (Lipinski definition) is 5. The summed E-state index contributed by atoms with van der Waals surface area (Å²) < 4.78 is 25.5. The highest BCUT2D eigenvalue weighted by Crippen LogP contribution is 2.46. The zero-order valence-electron chi connectivity index (χ0n) is 18.0. The number of nitrogen functional groups attached to an aromatic ring is 1. The lowest BCUT2D eigenvalue weighted by Crippen LogP contribution is -2.41. The van der Waals surface area contributed by atoms with E-state index in [0.29, 0.717) is 6.42 Å². The van der Waals surface area contributed by atoms with Crippen LogP contribution in [0.4, 0.5) is 5.69 Å². The molecular weight excluding hydrogens is 340 g/mol. The van der Waals surface area contributed by atoms with E-state index in [0.717, 1.165) is 11.3 Å². The summed E-state index contributed by atoms with van der Waals surface area (Å²) in [5, 5.41) is 0. The Labute approximate surface area is 164 Å². The molecule has 0 atom stereocenters. The van der Waals surface area contributed by atoms with Crippen LogP contribution >= 0.6 is 0 Å². The SMILES string of the molecule is CC1(C)OB(C(Cc2ccc(N)cc2)B2OC(C)(C)C(C)(C)O2)OC1(C)C. The van der Waals surface area contributed by atoms with E-state index in [2.05, 4.69) is 55.4 Å². The Balaban J connectivity index is 1.89. The molecule has 2 heterocycles. The van der Waals surface area contributed by atoms with Gasteiger partial charge in [0, 0.05) is 11.4 Å². The summed E-state index contributed by atoms with van der Waals surface area (Å²) in [5.41, 5.74) is 6.04. The summed E-state index contributed by atoms with van der Waals surface area (Å²) in [6.45, 7) is 16.5. The quantitative estimate of drug-likeness (QED) is 0.641.